The largest absolute Gasteiger partial charge is 0.382 e. The maximum Gasteiger partial charge on any atom is 0.229 e. The number of nitrogens with one attached hydrogen (secondary N) is 1. The van der Waals surface area contributed by atoms with Crippen molar-refractivity contribution in [2.75, 3.05) is 5.32 Å². The molecule has 1 amide bonds. The van der Waals surface area contributed by atoms with E-state index >= 15 is 0 Å². The van der Waals surface area contributed by atoms with Gasteiger partial charge in [0.1, 0.15) is 17.6 Å². The number of halogens is 2. The zero-order valence-electron chi connectivity index (χ0n) is 16.9. The Morgan fingerprint density at radius 3 is 2.38 bits per heavy atom. The maximum atomic E-state index is 13.3. The molecule has 32 heavy (non-hydrogen) atoms. The van der Waals surface area contributed by atoms with Crippen LogP contribution < -0.4 is 5.32 Å². The molecule has 0 saturated heterocycles. The zero-order chi connectivity index (χ0) is 22.5. The molecular weight excluding hydrogens is 429 g/mol. The van der Waals surface area contributed by atoms with Crippen molar-refractivity contribution in [2.45, 2.75) is 12.5 Å². The molecule has 5 nitrogen and oxygen atoms in total. The van der Waals surface area contributed by atoms with Crippen LogP contribution in [0.4, 0.5) is 10.2 Å². The van der Waals surface area contributed by atoms with Crippen LogP contribution in [-0.2, 0) is 11.2 Å². The van der Waals surface area contributed by atoms with E-state index in [4.69, 9.17) is 11.6 Å². The normalized spacial score (nSPS) is 11.7. The quantitative estimate of drug-likeness (QED) is 0.426. The third kappa shape index (κ3) is 5.17. The second-order valence-electron chi connectivity index (χ2n) is 7.16. The topological polar surface area (TPSA) is 75.1 Å². The van der Waals surface area contributed by atoms with Crippen molar-refractivity contribution in [3.8, 4) is 11.3 Å². The fraction of sp³-hybridized carbons (Fsp3) is 0.0800. The number of carbonyl (C=O) groups excluding carboxylic acids is 1. The van der Waals surface area contributed by atoms with Crippen LogP contribution in [0.1, 0.15) is 22.9 Å². The van der Waals surface area contributed by atoms with Gasteiger partial charge >= 0.3 is 0 Å². The average molecular weight is 448 g/mol. The molecule has 0 aliphatic rings. The number of hydrogen-bond acceptors (Lipinski definition) is 4. The first-order chi connectivity index (χ1) is 15.5. The van der Waals surface area contributed by atoms with E-state index in [1.54, 1.807) is 60.7 Å². The van der Waals surface area contributed by atoms with Crippen molar-refractivity contribution in [3.05, 3.63) is 113 Å². The molecule has 0 bridgehead atoms. The number of aromatic nitrogens is 2. The van der Waals surface area contributed by atoms with Crippen LogP contribution in [0.2, 0.25) is 5.02 Å². The van der Waals surface area contributed by atoms with E-state index in [0.717, 1.165) is 5.56 Å². The van der Waals surface area contributed by atoms with E-state index in [1.165, 1.54) is 18.3 Å². The van der Waals surface area contributed by atoms with Crippen molar-refractivity contribution in [1.29, 1.82) is 0 Å². The SMILES string of the molecule is O=C(Cc1ccc(Cl)cc1)Nc1ncc(-c2ccc(F)cc2)nc1C(O)c1ccccc1. The summed E-state index contributed by atoms with van der Waals surface area (Å²) in [5.74, 6) is -0.513. The Bertz CT molecular complexity index is 1220. The first kappa shape index (κ1) is 21.6. The molecule has 160 valence electrons. The fourth-order valence-corrected chi connectivity index (χ4v) is 3.33. The molecule has 0 radical (unpaired) electrons. The first-order valence-electron chi connectivity index (χ1n) is 9.90. The van der Waals surface area contributed by atoms with Crippen molar-refractivity contribution in [1.82, 2.24) is 9.97 Å². The van der Waals surface area contributed by atoms with E-state index in [-0.39, 0.29) is 29.7 Å². The molecule has 2 N–H and O–H groups in total. The number of benzene rings is 3. The standard InChI is InChI=1S/C25H19ClFN3O2/c26-19-10-6-16(7-11-19)14-22(31)30-25-23(24(32)18-4-2-1-3-5-18)29-21(15-28-25)17-8-12-20(27)13-9-17/h1-13,15,24,32H,14H2,(H,28,30,31). The van der Waals surface area contributed by atoms with Gasteiger partial charge in [-0.2, -0.15) is 0 Å². The summed E-state index contributed by atoms with van der Waals surface area (Å²) in [6.07, 6.45) is 0.473. The number of aliphatic hydroxyl groups excluding tert-OH is 1. The van der Waals surface area contributed by atoms with Gasteiger partial charge < -0.3 is 10.4 Å². The molecule has 0 fully saturated rings. The van der Waals surface area contributed by atoms with Gasteiger partial charge in [-0.1, -0.05) is 54.1 Å². The van der Waals surface area contributed by atoms with Crippen LogP contribution >= 0.6 is 11.6 Å². The molecule has 0 saturated carbocycles. The molecule has 3 aromatic carbocycles. The van der Waals surface area contributed by atoms with Gasteiger partial charge in [-0.3, -0.25) is 4.79 Å². The third-order valence-electron chi connectivity index (χ3n) is 4.85. The number of hydrogen-bond donors (Lipinski definition) is 2. The first-order valence-corrected chi connectivity index (χ1v) is 10.3. The number of anilines is 1. The van der Waals surface area contributed by atoms with Gasteiger partial charge in [0.25, 0.3) is 0 Å². The third-order valence-corrected chi connectivity index (χ3v) is 5.10. The Morgan fingerprint density at radius 1 is 1.00 bits per heavy atom. The second-order valence-corrected chi connectivity index (χ2v) is 7.60. The van der Waals surface area contributed by atoms with Gasteiger partial charge in [-0.05, 0) is 47.5 Å². The Kier molecular flexibility index (Phi) is 6.54. The van der Waals surface area contributed by atoms with Crippen LogP contribution in [0, 0.1) is 5.82 Å². The van der Waals surface area contributed by atoms with Gasteiger partial charge in [0.15, 0.2) is 5.82 Å². The highest BCUT2D eigenvalue weighted by Gasteiger charge is 2.20. The predicted molar refractivity (Wildman–Crippen MR) is 122 cm³/mol. The maximum absolute atomic E-state index is 13.3. The van der Waals surface area contributed by atoms with Gasteiger partial charge in [-0.15, -0.1) is 0 Å². The summed E-state index contributed by atoms with van der Waals surface area (Å²) >= 11 is 5.90. The van der Waals surface area contributed by atoms with Crippen LogP contribution in [0.25, 0.3) is 11.3 Å². The molecule has 1 atom stereocenters. The molecular formula is C25H19ClFN3O2. The summed E-state index contributed by atoms with van der Waals surface area (Å²) in [5, 5.41) is 14.3. The number of rotatable bonds is 6. The number of nitrogens with zero attached hydrogens (tertiary/aromatic N) is 2. The summed E-state index contributed by atoms with van der Waals surface area (Å²) in [6, 6.07) is 21.7. The summed E-state index contributed by atoms with van der Waals surface area (Å²) in [7, 11) is 0. The van der Waals surface area contributed by atoms with Crippen molar-refractivity contribution in [3.63, 3.8) is 0 Å². The Labute approximate surface area is 189 Å². The lowest BCUT2D eigenvalue weighted by atomic mass is 10.1. The lowest BCUT2D eigenvalue weighted by molar-refractivity contribution is -0.115. The van der Waals surface area contributed by atoms with E-state index < -0.39 is 6.10 Å². The van der Waals surface area contributed by atoms with Crippen LogP contribution in [0.5, 0.6) is 0 Å². The van der Waals surface area contributed by atoms with Crippen molar-refractivity contribution in [2.24, 2.45) is 0 Å². The van der Waals surface area contributed by atoms with E-state index in [1.807, 2.05) is 6.07 Å². The average Bonchev–Trinajstić information content (AvgIpc) is 2.81. The molecule has 4 aromatic rings. The summed E-state index contributed by atoms with van der Waals surface area (Å²) in [4.78, 5) is 21.5. The van der Waals surface area contributed by atoms with Gasteiger partial charge in [0.2, 0.25) is 5.91 Å². The highest BCUT2D eigenvalue weighted by Crippen LogP contribution is 2.28. The Morgan fingerprint density at radius 2 is 1.69 bits per heavy atom. The molecule has 1 heterocycles. The van der Waals surface area contributed by atoms with Crippen LogP contribution in [0.3, 0.4) is 0 Å². The summed E-state index contributed by atoms with van der Waals surface area (Å²) in [5.41, 5.74) is 2.67. The monoisotopic (exact) mass is 447 g/mol. The molecule has 0 aliphatic carbocycles. The van der Waals surface area contributed by atoms with Gasteiger partial charge in [-0.25, -0.2) is 14.4 Å². The number of amides is 1. The Balaban J connectivity index is 1.66. The Hall–Kier alpha value is -3.61. The molecule has 0 aliphatic heterocycles. The summed E-state index contributed by atoms with van der Waals surface area (Å²) < 4.78 is 13.3. The van der Waals surface area contributed by atoms with Crippen molar-refractivity contribution < 1.29 is 14.3 Å². The fourth-order valence-electron chi connectivity index (χ4n) is 3.21. The van der Waals surface area contributed by atoms with E-state index in [2.05, 4.69) is 15.3 Å². The number of aliphatic hydroxyl groups is 1. The smallest absolute Gasteiger partial charge is 0.229 e. The highest BCUT2D eigenvalue weighted by atomic mass is 35.5. The van der Waals surface area contributed by atoms with Crippen LogP contribution in [-0.4, -0.2) is 21.0 Å². The van der Waals surface area contributed by atoms with Gasteiger partial charge in [0, 0.05) is 10.6 Å². The zero-order valence-corrected chi connectivity index (χ0v) is 17.6. The second kappa shape index (κ2) is 9.68. The minimum Gasteiger partial charge on any atom is -0.382 e. The molecule has 1 aromatic heterocycles. The van der Waals surface area contributed by atoms with E-state index in [9.17, 15) is 14.3 Å². The molecule has 4 rings (SSSR count). The number of carbonyl (C=O) groups is 1. The summed E-state index contributed by atoms with van der Waals surface area (Å²) in [6.45, 7) is 0. The van der Waals surface area contributed by atoms with E-state index in [0.29, 0.717) is 21.8 Å². The predicted octanol–water partition coefficient (Wildman–Crippen LogP) is 5.20. The van der Waals surface area contributed by atoms with Crippen LogP contribution in [0.15, 0.2) is 85.1 Å². The highest BCUT2D eigenvalue weighted by molar-refractivity contribution is 6.30. The molecule has 1 unspecified atom stereocenters. The minimum atomic E-state index is -1.12. The lowest BCUT2D eigenvalue weighted by Crippen LogP contribution is -2.19. The molecule has 0 spiro atoms. The minimum absolute atomic E-state index is 0.111. The van der Waals surface area contributed by atoms with Gasteiger partial charge in [0.05, 0.1) is 18.3 Å². The molecule has 7 heteroatoms. The van der Waals surface area contributed by atoms with Crippen molar-refractivity contribution >= 4 is 23.3 Å². The lowest BCUT2D eigenvalue weighted by Gasteiger charge is -2.16.